The van der Waals surface area contributed by atoms with Crippen molar-refractivity contribution in [1.82, 2.24) is 4.57 Å². The Balaban J connectivity index is 1.88. The zero-order valence-corrected chi connectivity index (χ0v) is 11.6. The van der Waals surface area contributed by atoms with Gasteiger partial charge in [-0.2, -0.15) is 0 Å². The Kier molecular flexibility index (Phi) is 3.60. The number of halogens is 2. The predicted molar refractivity (Wildman–Crippen MR) is 78.3 cm³/mol. The third-order valence-electron chi connectivity index (χ3n) is 3.48. The van der Waals surface area contributed by atoms with Crippen LogP contribution < -0.4 is 4.74 Å². The number of aromatic nitrogens is 1. The quantitative estimate of drug-likeness (QED) is 0.688. The summed E-state index contributed by atoms with van der Waals surface area (Å²) >= 11 is 0. The normalized spacial score (nSPS) is 11.0. The molecule has 0 amide bonds. The highest BCUT2D eigenvalue weighted by molar-refractivity contribution is 5.84. The van der Waals surface area contributed by atoms with Crippen LogP contribution in [0.4, 0.5) is 8.78 Å². The molecule has 2 nitrogen and oxygen atoms in total. The molecule has 0 saturated carbocycles. The number of ether oxygens (including phenoxy) is 1. The molecule has 3 rings (SSSR count). The first kappa shape index (κ1) is 13.6. The van der Waals surface area contributed by atoms with Crippen LogP contribution in [0.1, 0.15) is 12.5 Å². The smallest absolute Gasteiger partial charge is 0.125 e. The molecule has 2 aromatic carbocycles. The van der Waals surface area contributed by atoms with E-state index in [-0.39, 0.29) is 11.6 Å². The standard InChI is InChI=1S/C17H15F2NO/c1-2-20-10-12(16-8-5-14(19)9-17(16)20)11-21-15-6-3-13(18)4-7-15/h3-10H,2,11H2,1H3. The van der Waals surface area contributed by atoms with Crippen LogP contribution >= 0.6 is 0 Å². The van der Waals surface area contributed by atoms with Crippen LogP contribution in [0, 0.1) is 11.6 Å². The van der Waals surface area contributed by atoms with E-state index < -0.39 is 0 Å². The number of aryl methyl sites for hydroxylation is 1. The van der Waals surface area contributed by atoms with E-state index in [1.54, 1.807) is 18.2 Å². The predicted octanol–water partition coefficient (Wildman–Crippen LogP) is 4.52. The van der Waals surface area contributed by atoms with Crippen molar-refractivity contribution in [2.45, 2.75) is 20.1 Å². The molecular weight excluding hydrogens is 272 g/mol. The molecule has 0 radical (unpaired) electrons. The third kappa shape index (κ3) is 2.75. The van der Waals surface area contributed by atoms with Crippen LogP contribution in [0.3, 0.4) is 0 Å². The van der Waals surface area contributed by atoms with E-state index in [2.05, 4.69) is 0 Å². The summed E-state index contributed by atoms with van der Waals surface area (Å²) in [7, 11) is 0. The van der Waals surface area contributed by atoms with Gasteiger partial charge in [-0.15, -0.1) is 0 Å². The maximum Gasteiger partial charge on any atom is 0.125 e. The zero-order valence-electron chi connectivity index (χ0n) is 11.6. The molecule has 3 aromatic rings. The highest BCUT2D eigenvalue weighted by atomic mass is 19.1. The van der Waals surface area contributed by atoms with Gasteiger partial charge in [-0.25, -0.2) is 8.78 Å². The topological polar surface area (TPSA) is 14.2 Å². The average Bonchev–Trinajstić information content (AvgIpc) is 2.84. The van der Waals surface area contributed by atoms with Crippen LogP contribution in [0.15, 0.2) is 48.7 Å². The van der Waals surface area contributed by atoms with E-state index in [0.717, 1.165) is 23.0 Å². The first-order chi connectivity index (χ1) is 10.2. The van der Waals surface area contributed by atoms with Gasteiger partial charge >= 0.3 is 0 Å². The molecule has 0 spiro atoms. The molecule has 1 aromatic heterocycles. The second kappa shape index (κ2) is 5.56. The molecule has 0 atom stereocenters. The summed E-state index contributed by atoms with van der Waals surface area (Å²) in [6.45, 7) is 3.13. The van der Waals surface area contributed by atoms with E-state index in [4.69, 9.17) is 4.74 Å². The summed E-state index contributed by atoms with van der Waals surface area (Å²) in [5, 5.41) is 0.973. The number of rotatable bonds is 4. The molecule has 0 aliphatic heterocycles. The second-order valence-electron chi connectivity index (χ2n) is 4.84. The van der Waals surface area contributed by atoms with E-state index in [9.17, 15) is 8.78 Å². The van der Waals surface area contributed by atoms with Gasteiger partial charge in [0.1, 0.15) is 24.0 Å². The minimum atomic E-state index is -0.291. The Morgan fingerprint density at radius 3 is 2.43 bits per heavy atom. The van der Waals surface area contributed by atoms with Crippen LogP contribution in [0.2, 0.25) is 0 Å². The summed E-state index contributed by atoms with van der Waals surface area (Å²) in [6, 6.07) is 10.6. The van der Waals surface area contributed by atoms with Crippen molar-refractivity contribution in [3.63, 3.8) is 0 Å². The molecule has 0 unspecified atom stereocenters. The van der Waals surface area contributed by atoms with E-state index >= 15 is 0 Å². The lowest BCUT2D eigenvalue weighted by molar-refractivity contribution is 0.307. The van der Waals surface area contributed by atoms with Crippen molar-refractivity contribution in [2.75, 3.05) is 0 Å². The number of hydrogen-bond donors (Lipinski definition) is 0. The van der Waals surface area contributed by atoms with Crippen LogP contribution in [0.5, 0.6) is 5.75 Å². The van der Waals surface area contributed by atoms with Crippen LogP contribution in [-0.2, 0) is 13.2 Å². The minimum Gasteiger partial charge on any atom is -0.489 e. The second-order valence-corrected chi connectivity index (χ2v) is 4.84. The Morgan fingerprint density at radius 1 is 1.00 bits per heavy atom. The molecule has 0 N–H and O–H groups in total. The van der Waals surface area contributed by atoms with Gasteiger partial charge in [-0.3, -0.25) is 0 Å². The van der Waals surface area contributed by atoms with Crippen molar-refractivity contribution >= 4 is 10.9 Å². The van der Waals surface area contributed by atoms with E-state index in [1.165, 1.54) is 24.3 Å². The zero-order chi connectivity index (χ0) is 14.8. The van der Waals surface area contributed by atoms with Gasteiger partial charge in [0.05, 0.1) is 5.52 Å². The van der Waals surface area contributed by atoms with Gasteiger partial charge in [-0.05, 0) is 49.4 Å². The third-order valence-corrected chi connectivity index (χ3v) is 3.48. The maximum absolute atomic E-state index is 13.4. The van der Waals surface area contributed by atoms with Gasteiger partial charge in [0.25, 0.3) is 0 Å². The number of hydrogen-bond acceptors (Lipinski definition) is 1. The molecule has 21 heavy (non-hydrogen) atoms. The summed E-state index contributed by atoms with van der Waals surface area (Å²) in [4.78, 5) is 0. The summed E-state index contributed by atoms with van der Waals surface area (Å²) in [5.74, 6) is 0.0672. The largest absolute Gasteiger partial charge is 0.489 e. The lowest BCUT2D eigenvalue weighted by atomic mass is 10.2. The van der Waals surface area contributed by atoms with Gasteiger partial charge in [0.2, 0.25) is 0 Å². The molecule has 0 aliphatic carbocycles. The Morgan fingerprint density at radius 2 is 1.71 bits per heavy atom. The fraction of sp³-hybridized carbons (Fsp3) is 0.176. The average molecular weight is 287 g/mol. The minimum absolute atomic E-state index is 0.249. The summed E-state index contributed by atoms with van der Waals surface area (Å²) < 4.78 is 33.9. The molecule has 0 aliphatic rings. The molecule has 0 bridgehead atoms. The van der Waals surface area contributed by atoms with Crippen molar-refractivity contribution in [3.8, 4) is 5.75 Å². The van der Waals surface area contributed by atoms with Gasteiger partial charge in [0, 0.05) is 23.7 Å². The molecular formula is C17H15F2NO. The maximum atomic E-state index is 13.4. The lowest BCUT2D eigenvalue weighted by Gasteiger charge is -2.05. The van der Waals surface area contributed by atoms with Crippen LogP contribution in [0.25, 0.3) is 10.9 Å². The highest BCUT2D eigenvalue weighted by Gasteiger charge is 2.09. The Hall–Kier alpha value is -2.36. The van der Waals surface area contributed by atoms with E-state index in [0.29, 0.717) is 12.4 Å². The fourth-order valence-electron chi connectivity index (χ4n) is 2.41. The van der Waals surface area contributed by atoms with E-state index in [1.807, 2.05) is 17.7 Å². The molecule has 0 fully saturated rings. The van der Waals surface area contributed by atoms with Crippen molar-refractivity contribution < 1.29 is 13.5 Å². The first-order valence-corrected chi connectivity index (χ1v) is 6.83. The first-order valence-electron chi connectivity index (χ1n) is 6.83. The molecule has 4 heteroatoms. The van der Waals surface area contributed by atoms with Crippen molar-refractivity contribution in [3.05, 3.63) is 65.9 Å². The highest BCUT2D eigenvalue weighted by Crippen LogP contribution is 2.24. The molecule has 108 valence electrons. The summed E-state index contributed by atoms with van der Waals surface area (Å²) in [6.07, 6.45) is 1.97. The lowest BCUT2D eigenvalue weighted by Crippen LogP contribution is -1.95. The van der Waals surface area contributed by atoms with Gasteiger partial charge in [-0.1, -0.05) is 0 Å². The molecule has 0 saturated heterocycles. The SMILES string of the molecule is CCn1cc(COc2ccc(F)cc2)c2ccc(F)cc21. The van der Waals surface area contributed by atoms with Crippen molar-refractivity contribution in [1.29, 1.82) is 0 Å². The monoisotopic (exact) mass is 287 g/mol. The number of fused-ring (bicyclic) bond motifs is 1. The number of benzene rings is 2. The fourth-order valence-corrected chi connectivity index (χ4v) is 2.41. The Labute approximate surface area is 121 Å². The van der Waals surface area contributed by atoms with Crippen molar-refractivity contribution in [2.24, 2.45) is 0 Å². The Bertz CT molecular complexity index is 762. The van der Waals surface area contributed by atoms with Gasteiger partial charge < -0.3 is 9.30 Å². The number of nitrogens with zero attached hydrogens (tertiary/aromatic N) is 1. The van der Waals surface area contributed by atoms with Crippen LogP contribution in [-0.4, -0.2) is 4.57 Å². The molecule has 1 heterocycles. The summed E-state index contributed by atoms with van der Waals surface area (Å²) in [5.41, 5.74) is 1.84. The van der Waals surface area contributed by atoms with Gasteiger partial charge in [0.15, 0.2) is 0 Å².